The molecule has 4 atom stereocenters. The van der Waals surface area contributed by atoms with E-state index in [0.717, 1.165) is 22.9 Å². The Hall–Kier alpha value is -3.08. The topological polar surface area (TPSA) is 74.0 Å². The van der Waals surface area contributed by atoms with E-state index in [2.05, 4.69) is 39.9 Å². The first-order valence-corrected chi connectivity index (χ1v) is 9.82. The number of fused-ring (bicyclic) bond motifs is 4. The minimum atomic E-state index is -0.576. The van der Waals surface area contributed by atoms with E-state index in [0.29, 0.717) is 18.3 Å². The highest BCUT2D eigenvalue weighted by Crippen LogP contribution is 2.56. The van der Waals surface area contributed by atoms with Crippen LogP contribution in [-0.2, 0) is 22.4 Å². The lowest BCUT2D eigenvalue weighted by atomic mass is 10.0. The molecule has 142 valence electrons. The molecule has 1 fully saturated rings. The zero-order valence-corrected chi connectivity index (χ0v) is 15.7. The first kappa shape index (κ1) is 17.0. The highest BCUT2D eigenvalue weighted by Gasteiger charge is 2.56. The monoisotopic (exact) mass is 373 g/mol. The second-order valence-electron chi connectivity index (χ2n) is 7.94. The smallest absolute Gasteiger partial charge is 0.243 e. The molecule has 0 saturated heterocycles. The summed E-state index contributed by atoms with van der Waals surface area (Å²) >= 11 is 0. The third-order valence-electron chi connectivity index (χ3n) is 6.14. The normalized spacial score (nSPS) is 23.0. The number of aromatic nitrogens is 1. The van der Waals surface area contributed by atoms with Crippen LogP contribution in [0.1, 0.15) is 29.5 Å². The Morgan fingerprint density at radius 1 is 1.14 bits per heavy atom. The fourth-order valence-electron chi connectivity index (χ4n) is 4.79. The number of benzene rings is 2. The van der Waals surface area contributed by atoms with Crippen molar-refractivity contribution in [2.75, 3.05) is 0 Å². The predicted molar refractivity (Wildman–Crippen MR) is 108 cm³/mol. The van der Waals surface area contributed by atoms with Gasteiger partial charge in [-0.3, -0.25) is 9.59 Å². The zero-order chi connectivity index (χ0) is 19.3. The Bertz CT molecular complexity index is 1070. The molecule has 1 heterocycles. The average Bonchev–Trinajstić information content (AvgIpc) is 3.04. The molecule has 5 rings (SSSR count). The quantitative estimate of drug-likeness (QED) is 0.643. The lowest BCUT2D eigenvalue weighted by Gasteiger charge is -2.18. The molecule has 5 nitrogen and oxygen atoms in total. The van der Waals surface area contributed by atoms with Crippen LogP contribution in [0.15, 0.2) is 54.7 Å². The number of hydrogen-bond acceptors (Lipinski definition) is 2. The highest BCUT2D eigenvalue weighted by atomic mass is 16.2. The molecule has 3 aromatic rings. The van der Waals surface area contributed by atoms with Crippen LogP contribution < -0.4 is 10.6 Å². The summed E-state index contributed by atoms with van der Waals surface area (Å²) in [5.74, 6) is 0.623. The molecule has 2 amide bonds. The summed E-state index contributed by atoms with van der Waals surface area (Å²) < 4.78 is 0. The van der Waals surface area contributed by atoms with Gasteiger partial charge in [-0.05, 0) is 35.1 Å². The summed E-state index contributed by atoms with van der Waals surface area (Å²) in [5, 5.41) is 7.12. The Labute approximate surface area is 163 Å². The molecule has 2 aliphatic carbocycles. The molecular formula is C23H23N3O2. The molecule has 4 unspecified atom stereocenters. The largest absolute Gasteiger partial charge is 0.361 e. The summed E-state index contributed by atoms with van der Waals surface area (Å²) in [5.41, 5.74) is 4.84. The second-order valence-corrected chi connectivity index (χ2v) is 7.94. The molecule has 2 aromatic carbocycles. The van der Waals surface area contributed by atoms with Gasteiger partial charge in [0, 0.05) is 42.4 Å². The van der Waals surface area contributed by atoms with Gasteiger partial charge in [-0.1, -0.05) is 42.5 Å². The summed E-state index contributed by atoms with van der Waals surface area (Å²) in [4.78, 5) is 27.9. The minimum absolute atomic E-state index is 0.0997. The van der Waals surface area contributed by atoms with Crippen LogP contribution in [0, 0.1) is 5.92 Å². The number of rotatable bonds is 5. The van der Waals surface area contributed by atoms with Crippen molar-refractivity contribution in [2.24, 2.45) is 5.92 Å². The van der Waals surface area contributed by atoms with Gasteiger partial charge >= 0.3 is 0 Å². The van der Waals surface area contributed by atoms with Crippen molar-refractivity contribution in [3.05, 3.63) is 71.4 Å². The van der Waals surface area contributed by atoms with Crippen molar-refractivity contribution >= 4 is 22.7 Å². The van der Waals surface area contributed by atoms with Gasteiger partial charge in [-0.25, -0.2) is 0 Å². The summed E-state index contributed by atoms with van der Waals surface area (Å²) in [7, 11) is 0. The van der Waals surface area contributed by atoms with Gasteiger partial charge < -0.3 is 15.6 Å². The minimum Gasteiger partial charge on any atom is -0.361 e. The molecule has 0 radical (unpaired) electrons. The second kappa shape index (κ2) is 6.51. The SMILES string of the molecule is CC(=O)NC(Cc1c[nH]c2ccccc12)C(=O)NC1C2Cc3ccccc3C21. The molecule has 1 aromatic heterocycles. The highest BCUT2D eigenvalue weighted by molar-refractivity contribution is 5.89. The Kier molecular flexibility index (Phi) is 3.97. The van der Waals surface area contributed by atoms with E-state index in [1.54, 1.807) is 0 Å². The Morgan fingerprint density at radius 3 is 2.79 bits per heavy atom. The number of para-hydroxylation sites is 1. The van der Waals surface area contributed by atoms with Crippen molar-refractivity contribution in [1.82, 2.24) is 15.6 Å². The van der Waals surface area contributed by atoms with Crippen LogP contribution >= 0.6 is 0 Å². The van der Waals surface area contributed by atoms with E-state index in [4.69, 9.17) is 0 Å². The molecule has 28 heavy (non-hydrogen) atoms. The van der Waals surface area contributed by atoms with E-state index in [1.165, 1.54) is 18.1 Å². The van der Waals surface area contributed by atoms with Gasteiger partial charge in [0.15, 0.2) is 0 Å². The number of hydrogen-bond donors (Lipinski definition) is 3. The van der Waals surface area contributed by atoms with Gasteiger partial charge in [-0.15, -0.1) is 0 Å². The summed E-state index contributed by atoms with van der Waals surface area (Å²) in [6, 6.07) is 16.1. The lowest BCUT2D eigenvalue weighted by Crippen LogP contribution is -2.48. The Balaban J connectivity index is 1.32. The van der Waals surface area contributed by atoms with Crippen molar-refractivity contribution in [3.63, 3.8) is 0 Å². The fourth-order valence-corrected chi connectivity index (χ4v) is 4.79. The first-order chi connectivity index (χ1) is 13.6. The number of nitrogens with one attached hydrogen (secondary N) is 3. The molecule has 0 aliphatic heterocycles. The predicted octanol–water partition coefficient (Wildman–Crippen LogP) is 2.67. The van der Waals surface area contributed by atoms with Crippen LogP contribution in [0.4, 0.5) is 0 Å². The van der Waals surface area contributed by atoms with Crippen molar-refractivity contribution in [3.8, 4) is 0 Å². The van der Waals surface area contributed by atoms with Crippen molar-refractivity contribution in [2.45, 2.75) is 37.8 Å². The van der Waals surface area contributed by atoms with Gasteiger partial charge in [0.05, 0.1) is 0 Å². The van der Waals surface area contributed by atoms with Crippen LogP contribution in [0.5, 0.6) is 0 Å². The molecular weight excluding hydrogens is 350 g/mol. The van der Waals surface area contributed by atoms with Crippen molar-refractivity contribution < 1.29 is 9.59 Å². The zero-order valence-electron chi connectivity index (χ0n) is 15.7. The van der Waals surface area contributed by atoms with E-state index >= 15 is 0 Å². The number of carbonyl (C=O) groups is 2. The van der Waals surface area contributed by atoms with Gasteiger partial charge in [0.1, 0.15) is 6.04 Å². The standard InChI is InChI=1S/C23H23N3O2/c1-13(27)25-20(11-15-12-24-19-9-5-4-7-16(15)19)23(28)26-22-18-10-14-6-2-3-8-17(14)21(18)22/h2-9,12,18,20-22,24H,10-11H2,1H3,(H,25,27)(H,26,28). The maximum Gasteiger partial charge on any atom is 0.243 e. The average molecular weight is 373 g/mol. The van der Waals surface area contributed by atoms with E-state index in [-0.39, 0.29) is 17.9 Å². The van der Waals surface area contributed by atoms with Crippen LogP contribution in [-0.4, -0.2) is 28.9 Å². The molecule has 0 spiro atoms. The molecule has 1 saturated carbocycles. The number of carbonyl (C=O) groups excluding carboxylic acids is 2. The number of H-pyrrole nitrogens is 1. The summed E-state index contributed by atoms with van der Waals surface area (Å²) in [6.45, 7) is 1.46. The summed E-state index contributed by atoms with van der Waals surface area (Å²) in [6.07, 6.45) is 3.42. The molecule has 3 N–H and O–H groups in total. The fraction of sp³-hybridized carbons (Fsp3) is 0.304. The van der Waals surface area contributed by atoms with Gasteiger partial charge in [-0.2, -0.15) is 0 Å². The van der Waals surface area contributed by atoms with Crippen LogP contribution in [0.25, 0.3) is 10.9 Å². The molecule has 0 bridgehead atoms. The van der Waals surface area contributed by atoms with E-state index in [1.807, 2.05) is 30.5 Å². The van der Waals surface area contributed by atoms with E-state index < -0.39 is 6.04 Å². The maximum atomic E-state index is 13.0. The lowest BCUT2D eigenvalue weighted by molar-refractivity contribution is -0.128. The van der Waals surface area contributed by atoms with Crippen molar-refractivity contribution in [1.29, 1.82) is 0 Å². The first-order valence-electron chi connectivity index (χ1n) is 9.82. The van der Waals surface area contributed by atoms with Crippen LogP contribution in [0.2, 0.25) is 0 Å². The van der Waals surface area contributed by atoms with Crippen LogP contribution in [0.3, 0.4) is 0 Å². The van der Waals surface area contributed by atoms with E-state index in [9.17, 15) is 9.59 Å². The molecule has 2 aliphatic rings. The van der Waals surface area contributed by atoms with Gasteiger partial charge in [0.25, 0.3) is 0 Å². The van der Waals surface area contributed by atoms with Gasteiger partial charge in [0.2, 0.25) is 11.8 Å². The maximum absolute atomic E-state index is 13.0. The Morgan fingerprint density at radius 2 is 1.93 bits per heavy atom. The third-order valence-corrected chi connectivity index (χ3v) is 6.14. The third kappa shape index (κ3) is 2.87. The molecule has 5 heteroatoms. The number of aromatic amines is 1. The number of amides is 2.